The van der Waals surface area contributed by atoms with Gasteiger partial charge in [-0.1, -0.05) is 13.8 Å². The van der Waals surface area contributed by atoms with Crippen LogP contribution in [-0.2, 0) is 17.7 Å². The van der Waals surface area contributed by atoms with Gasteiger partial charge in [0, 0.05) is 20.1 Å². The molecule has 0 bridgehead atoms. The Balaban J connectivity index is 2.37. The number of nitrogens with zero attached hydrogens (tertiary/aromatic N) is 1. The molecule has 0 spiro atoms. The largest absolute Gasteiger partial charge is 0.448 e. The van der Waals surface area contributed by atoms with Gasteiger partial charge in [0.25, 0.3) is 0 Å². The van der Waals surface area contributed by atoms with E-state index in [1.54, 1.807) is 7.11 Å². The zero-order valence-electron chi connectivity index (χ0n) is 11.3. The Morgan fingerprint density at radius 3 is 2.82 bits per heavy atom. The van der Waals surface area contributed by atoms with Crippen molar-refractivity contribution in [1.29, 1.82) is 0 Å². The predicted octanol–water partition coefficient (Wildman–Crippen LogP) is 2.39. The molecule has 0 saturated carbocycles. The van der Waals surface area contributed by atoms with Crippen LogP contribution in [0.4, 0.5) is 0 Å². The molecule has 1 aromatic heterocycles. The molecule has 1 N–H and O–H groups in total. The van der Waals surface area contributed by atoms with E-state index in [1.165, 1.54) is 6.39 Å². The fraction of sp³-hybridized carbons (Fsp3) is 0.769. The van der Waals surface area contributed by atoms with Crippen LogP contribution in [0.2, 0.25) is 0 Å². The number of hydrogen-bond donors (Lipinski definition) is 1. The van der Waals surface area contributed by atoms with Crippen LogP contribution >= 0.6 is 0 Å². The molecule has 0 aliphatic carbocycles. The summed E-state index contributed by atoms with van der Waals surface area (Å²) in [6, 6.07) is 0. The lowest BCUT2D eigenvalue weighted by molar-refractivity contribution is 0.110. The van der Waals surface area contributed by atoms with Crippen LogP contribution in [0.3, 0.4) is 0 Å². The highest BCUT2D eigenvalue weighted by molar-refractivity contribution is 5.07. The molecule has 1 atom stereocenters. The number of hydrogen-bond acceptors (Lipinski definition) is 4. The Kier molecular flexibility index (Phi) is 6.22. The first-order chi connectivity index (χ1) is 8.13. The van der Waals surface area contributed by atoms with Crippen molar-refractivity contribution in [3.8, 4) is 0 Å². The van der Waals surface area contributed by atoms with Gasteiger partial charge in [-0.05, 0) is 25.8 Å². The highest BCUT2D eigenvalue weighted by atomic mass is 16.5. The number of aromatic nitrogens is 1. The average Bonchev–Trinajstić information content (AvgIpc) is 2.73. The van der Waals surface area contributed by atoms with Crippen molar-refractivity contribution in [3.63, 3.8) is 0 Å². The molecule has 98 valence electrons. The third-order valence-electron chi connectivity index (χ3n) is 2.75. The Bertz CT molecular complexity index is 310. The van der Waals surface area contributed by atoms with Gasteiger partial charge in [0.2, 0.25) is 0 Å². The summed E-state index contributed by atoms with van der Waals surface area (Å²) >= 11 is 0. The molecule has 1 unspecified atom stereocenters. The molecule has 0 amide bonds. The molecule has 1 heterocycles. The minimum absolute atomic E-state index is 0.261. The zero-order valence-corrected chi connectivity index (χ0v) is 11.3. The van der Waals surface area contributed by atoms with Gasteiger partial charge in [-0.2, -0.15) is 0 Å². The topological polar surface area (TPSA) is 47.3 Å². The summed E-state index contributed by atoms with van der Waals surface area (Å²) in [6.07, 6.45) is 3.63. The molecular formula is C13H24N2O2. The lowest BCUT2D eigenvalue weighted by Gasteiger charge is -2.09. The third kappa shape index (κ3) is 5.33. The number of aryl methyl sites for hydroxylation is 1. The first kappa shape index (κ1) is 14.2. The van der Waals surface area contributed by atoms with Crippen LogP contribution in [0, 0.1) is 5.92 Å². The van der Waals surface area contributed by atoms with Gasteiger partial charge in [-0.3, -0.25) is 0 Å². The number of rotatable bonds is 8. The lowest BCUT2D eigenvalue weighted by atomic mass is 10.1. The molecular weight excluding hydrogens is 216 g/mol. The number of methoxy groups -OCH3 is 1. The second-order valence-corrected chi connectivity index (χ2v) is 4.83. The zero-order chi connectivity index (χ0) is 12.7. The summed E-state index contributed by atoms with van der Waals surface area (Å²) in [5, 5.41) is 3.38. The summed E-state index contributed by atoms with van der Waals surface area (Å²) in [5.41, 5.74) is 1.02. The van der Waals surface area contributed by atoms with E-state index in [0.717, 1.165) is 37.4 Å². The highest BCUT2D eigenvalue weighted by Crippen LogP contribution is 2.11. The van der Waals surface area contributed by atoms with Crippen LogP contribution in [0.5, 0.6) is 0 Å². The van der Waals surface area contributed by atoms with Crippen LogP contribution in [0.15, 0.2) is 10.8 Å². The van der Waals surface area contributed by atoms with Crippen molar-refractivity contribution in [2.75, 3.05) is 13.7 Å². The molecule has 4 nitrogen and oxygen atoms in total. The van der Waals surface area contributed by atoms with Gasteiger partial charge in [0.15, 0.2) is 6.39 Å². The van der Waals surface area contributed by atoms with E-state index < -0.39 is 0 Å². The maximum atomic E-state index is 5.41. The second-order valence-electron chi connectivity index (χ2n) is 4.83. The fourth-order valence-corrected chi connectivity index (χ4v) is 1.57. The van der Waals surface area contributed by atoms with Crippen LogP contribution in [0.1, 0.15) is 38.6 Å². The van der Waals surface area contributed by atoms with Crippen molar-refractivity contribution >= 4 is 0 Å². The van der Waals surface area contributed by atoms with Gasteiger partial charge in [-0.25, -0.2) is 4.98 Å². The fourth-order valence-electron chi connectivity index (χ4n) is 1.57. The summed E-state index contributed by atoms with van der Waals surface area (Å²) in [6.45, 7) is 8.23. The minimum atomic E-state index is 0.261. The molecule has 0 aliphatic heterocycles. The van der Waals surface area contributed by atoms with Crippen molar-refractivity contribution in [2.45, 2.75) is 46.3 Å². The van der Waals surface area contributed by atoms with Crippen molar-refractivity contribution < 1.29 is 9.15 Å². The standard InChI is InChI=1S/C13H24N2O2/c1-10(2)7-14-8-12-13(17-9-15-12)6-5-11(3)16-4/h9-11,14H,5-8H2,1-4H3. The molecule has 0 aliphatic rings. The first-order valence-corrected chi connectivity index (χ1v) is 6.28. The molecule has 0 radical (unpaired) electrons. The van der Waals surface area contributed by atoms with Gasteiger partial charge in [0.05, 0.1) is 11.8 Å². The highest BCUT2D eigenvalue weighted by Gasteiger charge is 2.10. The maximum absolute atomic E-state index is 5.41. The molecule has 1 rings (SSSR count). The summed E-state index contributed by atoms with van der Waals surface area (Å²) < 4.78 is 10.6. The Morgan fingerprint density at radius 1 is 1.41 bits per heavy atom. The monoisotopic (exact) mass is 240 g/mol. The maximum Gasteiger partial charge on any atom is 0.181 e. The second kappa shape index (κ2) is 7.45. The van der Waals surface area contributed by atoms with Crippen LogP contribution < -0.4 is 5.32 Å². The molecule has 4 heteroatoms. The van der Waals surface area contributed by atoms with E-state index in [2.05, 4.69) is 31.1 Å². The number of ether oxygens (including phenoxy) is 1. The van der Waals surface area contributed by atoms with Gasteiger partial charge in [-0.15, -0.1) is 0 Å². The van der Waals surface area contributed by atoms with Gasteiger partial charge in [0.1, 0.15) is 5.76 Å². The van der Waals surface area contributed by atoms with Gasteiger partial charge >= 0.3 is 0 Å². The predicted molar refractivity (Wildman–Crippen MR) is 67.8 cm³/mol. The Morgan fingerprint density at radius 2 is 2.18 bits per heavy atom. The van der Waals surface area contributed by atoms with E-state index in [0.29, 0.717) is 5.92 Å². The van der Waals surface area contributed by atoms with Crippen LogP contribution in [-0.4, -0.2) is 24.7 Å². The number of nitrogens with one attached hydrogen (secondary N) is 1. The Labute approximate surface area is 104 Å². The van der Waals surface area contributed by atoms with Crippen LogP contribution in [0.25, 0.3) is 0 Å². The molecule has 0 aromatic carbocycles. The Hall–Kier alpha value is -0.870. The average molecular weight is 240 g/mol. The molecule has 17 heavy (non-hydrogen) atoms. The summed E-state index contributed by atoms with van der Waals surface area (Å²) in [7, 11) is 1.73. The summed E-state index contributed by atoms with van der Waals surface area (Å²) in [5.74, 6) is 1.63. The molecule has 0 saturated heterocycles. The van der Waals surface area contributed by atoms with E-state index in [4.69, 9.17) is 9.15 Å². The molecule has 0 fully saturated rings. The van der Waals surface area contributed by atoms with Crippen molar-refractivity contribution in [2.24, 2.45) is 5.92 Å². The van der Waals surface area contributed by atoms with E-state index in [9.17, 15) is 0 Å². The first-order valence-electron chi connectivity index (χ1n) is 6.28. The van der Waals surface area contributed by atoms with Crippen molar-refractivity contribution in [1.82, 2.24) is 10.3 Å². The van der Waals surface area contributed by atoms with E-state index >= 15 is 0 Å². The summed E-state index contributed by atoms with van der Waals surface area (Å²) in [4.78, 5) is 4.25. The smallest absolute Gasteiger partial charge is 0.181 e. The van der Waals surface area contributed by atoms with Gasteiger partial charge < -0.3 is 14.5 Å². The van der Waals surface area contributed by atoms with E-state index in [-0.39, 0.29) is 6.10 Å². The minimum Gasteiger partial charge on any atom is -0.448 e. The quantitative estimate of drug-likeness (QED) is 0.758. The molecule has 1 aromatic rings. The third-order valence-corrected chi connectivity index (χ3v) is 2.75. The lowest BCUT2D eigenvalue weighted by Crippen LogP contribution is -2.20. The normalized spacial score (nSPS) is 13.2. The number of oxazole rings is 1. The SMILES string of the molecule is COC(C)CCc1ocnc1CNCC(C)C. The van der Waals surface area contributed by atoms with E-state index in [1.807, 2.05) is 0 Å². The van der Waals surface area contributed by atoms with Crippen molar-refractivity contribution in [3.05, 3.63) is 17.8 Å².